The van der Waals surface area contributed by atoms with Crippen LogP contribution in [0.4, 0.5) is 28.0 Å². The molecule has 8 heteroatoms. The number of anilines is 1. The summed E-state index contributed by atoms with van der Waals surface area (Å²) in [7, 11) is 3.14. The van der Waals surface area contributed by atoms with Gasteiger partial charge in [-0.2, -0.15) is 13.2 Å². The molecule has 1 rings (SSSR count). The Morgan fingerprint density at radius 3 is 2.40 bits per heavy atom. The monoisotopic (exact) mass is 293 g/mol. The molecule has 2 N–H and O–H groups in total. The van der Waals surface area contributed by atoms with Gasteiger partial charge in [-0.15, -0.1) is 0 Å². The third kappa shape index (κ3) is 4.60. The molecule has 2 amide bonds. The Morgan fingerprint density at radius 1 is 1.25 bits per heavy atom. The summed E-state index contributed by atoms with van der Waals surface area (Å²) in [5, 5.41) is 5.14. The zero-order valence-electron chi connectivity index (χ0n) is 11.0. The van der Waals surface area contributed by atoms with E-state index in [1.165, 1.54) is 4.90 Å². The average Bonchev–Trinajstić information content (AvgIpc) is 2.34. The van der Waals surface area contributed by atoms with Crippen molar-refractivity contribution in [3.8, 4) is 0 Å². The number of alkyl halides is 3. The maximum atomic E-state index is 13.4. The second-order valence-corrected chi connectivity index (χ2v) is 4.25. The third-order valence-electron chi connectivity index (χ3n) is 2.42. The van der Waals surface area contributed by atoms with E-state index in [4.69, 9.17) is 0 Å². The first-order valence-electron chi connectivity index (χ1n) is 5.77. The van der Waals surface area contributed by atoms with Crippen molar-refractivity contribution in [3.05, 3.63) is 29.6 Å². The minimum atomic E-state index is -4.57. The number of halogens is 4. The predicted octanol–water partition coefficient (Wildman–Crippen LogP) is 2.53. The standard InChI is InChI=1S/C12H15F4N3O/c1-19(2)11(20)18-6-5-17-10-4-3-8(7-9(10)13)12(14,15)16/h3-4,7,17H,5-6H2,1-2H3,(H,18,20). The van der Waals surface area contributed by atoms with Crippen LogP contribution in [-0.4, -0.2) is 38.1 Å². The van der Waals surface area contributed by atoms with Crippen LogP contribution in [0.5, 0.6) is 0 Å². The van der Waals surface area contributed by atoms with Gasteiger partial charge in [0.1, 0.15) is 5.82 Å². The molecule has 0 saturated heterocycles. The number of rotatable bonds is 4. The van der Waals surface area contributed by atoms with Gasteiger partial charge >= 0.3 is 12.2 Å². The molecule has 0 atom stereocenters. The molecule has 20 heavy (non-hydrogen) atoms. The van der Waals surface area contributed by atoms with E-state index < -0.39 is 17.6 Å². The predicted molar refractivity (Wildman–Crippen MR) is 67.0 cm³/mol. The van der Waals surface area contributed by atoms with Crippen molar-refractivity contribution in [1.29, 1.82) is 0 Å². The molecule has 4 nitrogen and oxygen atoms in total. The Hall–Kier alpha value is -1.99. The molecule has 0 saturated carbocycles. The molecule has 1 aromatic carbocycles. The minimum absolute atomic E-state index is 0.0443. The molecular formula is C12H15F4N3O. The summed E-state index contributed by atoms with van der Waals surface area (Å²) in [4.78, 5) is 12.5. The summed E-state index contributed by atoms with van der Waals surface area (Å²) in [6.45, 7) is 0.416. The molecule has 112 valence electrons. The highest BCUT2D eigenvalue weighted by Crippen LogP contribution is 2.31. The van der Waals surface area contributed by atoms with E-state index in [-0.39, 0.29) is 24.8 Å². The Bertz CT molecular complexity index is 474. The number of hydrogen-bond acceptors (Lipinski definition) is 2. The van der Waals surface area contributed by atoms with E-state index >= 15 is 0 Å². The van der Waals surface area contributed by atoms with E-state index in [9.17, 15) is 22.4 Å². The minimum Gasteiger partial charge on any atom is -0.381 e. The van der Waals surface area contributed by atoms with Gasteiger partial charge in [-0.05, 0) is 18.2 Å². The molecule has 0 aliphatic heterocycles. The van der Waals surface area contributed by atoms with E-state index in [0.717, 1.165) is 12.1 Å². The van der Waals surface area contributed by atoms with Gasteiger partial charge in [0.05, 0.1) is 11.3 Å². The highest BCUT2D eigenvalue weighted by atomic mass is 19.4. The van der Waals surface area contributed by atoms with E-state index in [2.05, 4.69) is 10.6 Å². The Kier molecular flexibility index (Phi) is 5.18. The fraction of sp³-hybridized carbons (Fsp3) is 0.417. The first-order valence-corrected chi connectivity index (χ1v) is 5.77. The Balaban J connectivity index is 2.51. The summed E-state index contributed by atoms with van der Waals surface area (Å²) < 4.78 is 50.4. The van der Waals surface area contributed by atoms with Gasteiger partial charge in [-0.25, -0.2) is 9.18 Å². The lowest BCUT2D eigenvalue weighted by Crippen LogP contribution is -2.37. The van der Waals surface area contributed by atoms with Crippen LogP contribution < -0.4 is 10.6 Å². The molecule has 0 spiro atoms. The van der Waals surface area contributed by atoms with Crippen molar-refractivity contribution in [2.45, 2.75) is 6.18 Å². The van der Waals surface area contributed by atoms with Crippen molar-refractivity contribution < 1.29 is 22.4 Å². The second kappa shape index (κ2) is 6.44. The number of hydrogen-bond donors (Lipinski definition) is 2. The van der Waals surface area contributed by atoms with E-state index in [1.54, 1.807) is 14.1 Å². The van der Waals surface area contributed by atoms with Crippen LogP contribution in [-0.2, 0) is 6.18 Å². The van der Waals surface area contributed by atoms with Crippen molar-refractivity contribution >= 4 is 11.7 Å². The number of carbonyl (C=O) groups excluding carboxylic acids is 1. The fourth-order valence-corrected chi connectivity index (χ4v) is 1.36. The van der Waals surface area contributed by atoms with Gasteiger partial charge in [0.25, 0.3) is 0 Å². The van der Waals surface area contributed by atoms with Crippen LogP contribution in [0.2, 0.25) is 0 Å². The van der Waals surface area contributed by atoms with E-state index in [0.29, 0.717) is 6.07 Å². The molecule has 0 radical (unpaired) electrons. The van der Waals surface area contributed by atoms with Crippen LogP contribution in [0, 0.1) is 5.82 Å². The molecule has 0 aliphatic carbocycles. The summed E-state index contributed by atoms with van der Waals surface area (Å²) in [6, 6.07) is 1.94. The lowest BCUT2D eigenvalue weighted by molar-refractivity contribution is -0.137. The zero-order valence-corrected chi connectivity index (χ0v) is 11.0. The number of benzene rings is 1. The smallest absolute Gasteiger partial charge is 0.381 e. The lowest BCUT2D eigenvalue weighted by Gasteiger charge is -2.13. The third-order valence-corrected chi connectivity index (χ3v) is 2.42. The van der Waals surface area contributed by atoms with Crippen molar-refractivity contribution in [2.24, 2.45) is 0 Å². The topological polar surface area (TPSA) is 44.4 Å². The zero-order chi connectivity index (χ0) is 15.3. The molecule has 0 heterocycles. The van der Waals surface area contributed by atoms with Crippen molar-refractivity contribution in [2.75, 3.05) is 32.5 Å². The molecule has 0 fully saturated rings. The molecule has 0 unspecified atom stereocenters. The highest BCUT2D eigenvalue weighted by Gasteiger charge is 2.31. The molecule has 0 aromatic heterocycles. The highest BCUT2D eigenvalue weighted by molar-refractivity contribution is 5.73. The summed E-state index contributed by atoms with van der Waals surface area (Å²) in [5.41, 5.74) is -1.08. The van der Waals surface area contributed by atoms with Crippen molar-refractivity contribution in [3.63, 3.8) is 0 Å². The van der Waals surface area contributed by atoms with Gasteiger partial charge in [-0.3, -0.25) is 0 Å². The lowest BCUT2D eigenvalue weighted by atomic mass is 10.2. The quantitative estimate of drug-likeness (QED) is 0.662. The van der Waals surface area contributed by atoms with Gasteiger partial charge in [0.2, 0.25) is 0 Å². The number of urea groups is 1. The number of nitrogens with zero attached hydrogens (tertiary/aromatic N) is 1. The molecule has 1 aromatic rings. The maximum absolute atomic E-state index is 13.4. The van der Waals surface area contributed by atoms with Gasteiger partial charge in [0, 0.05) is 27.2 Å². The Morgan fingerprint density at radius 2 is 1.90 bits per heavy atom. The normalized spacial score (nSPS) is 11.1. The van der Waals surface area contributed by atoms with Crippen LogP contribution in [0.25, 0.3) is 0 Å². The van der Waals surface area contributed by atoms with Gasteiger partial charge in [0.15, 0.2) is 0 Å². The van der Waals surface area contributed by atoms with Crippen LogP contribution in [0.1, 0.15) is 5.56 Å². The summed E-state index contributed by atoms with van der Waals surface area (Å²) in [5.74, 6) is -0.987. The largest absolute Gasteiger partial charge is 0.416 e. The summed E-state index contributed by atoms with van der Waals surface area (Å²) in [6.07, 6.45) is -4.57. The first-order chi connectivity index (χ1) is 9.21. The maximum Gasteiger partial charge on any atom is 0.416 e. The Labute approximate surface area is 113 Å². The average molecular weight is 293 g/mol. The fourth-order valence-electron chi connectivity index (χ4n) is 1.36. The first kappa shape index (κ1) is 16.1. The second-order valence-electron chi connectivity index (χ2n) is 4.25. The summed E-state index contributed by atoms with van der Waals surface area (Å²) >= 11 is 0. The van der Waals surface area contributed by atoms with Crippen LogP contribution in [0.15, 0.2) is 18.2 Å². The van der Waals surface area contributed by atoms with Gasteiger partial charge in [-0.1, -0.05) is 0 Å². The number of amides is 2. The molecule has 0 bridgehead atoms. The number of carbonyl (C=O) groups is 1. The molecular weight excluding hydrogens is 278 g/mol. The van der Waals surface area contributed by atoms with Crippen LogP contribution >= 0.6 is 0 Å². The van der Waals surface area contributed by atoms with Crippen molar-refractivity contribution in [1.82, 2.24) is 10.2 Å². The molecule has 0 aliphatic rings. The van der Waals surface area contributed by atoms with Crippen LogP contribution in [0.3, 0.4) is 0 Å². The van der Waals surface area contributed by atoms with Gasteiger partial charge < -0.3 is 15.5 Å². The van der Waals surface area contributed by atoms with E-state index in [1.807, 2.05) is 0 Å². The number of nitrogens with one attached hydrogen (secondary N) is 2. The SMILES string of the molecule is CN(C)C(=O)NCCNc1ccc(C(F)(F)F)cc1F.